The summed E-state index contributed by atoms with van der Waals surface area (Å²) in [4.78, 5) is 10.2. The van der Waals surface area contributed by atoms with Gasteiger partial charge >= 0.3 is 5.97 Å². The molecule has 1 aliphatic rings. The van der Waals surface area contributed by atoms with E-state index in [2.05, 4.69) is 4.72 Å². The van der Waals surface area contributed by atoms with Gasteiger partial charge in [-0.25, -0.2) is 22.3 Å². The van der Waals surface area contributed by atoms with Crippen LogP contribution in [0.5, 0.6) is 0 Å². The molecule has 0 atom stereocenters. The van der Waals surface area contributed by atoms with E-state index >= 15 is 0 Å². The largest absolute Gasteiger partial charge is 0.478 e. The summed E-state index contributed by atoms with van der Waals surface area (Å²) in [5.41, 5.74) is -0.445. The van der Waals surface area contributed by atoms with Crippen molar-refractivity contribution in [3.05, 3.63) is 28.5 Å². The molecule has 20 heavy (non-hydrogen) atoms. The highest BCUT2D eigenvalue weighted by Crippen LogP contribution is 2.26. The zero-order valence-electron chi connectivity index (χ0n) is 10.4. The molecule has 2 rings (SSSR count). The number of carbonyl (C=O) groups is 1. The predicted molar refractivity (Wildman–Crippen MR) is 70.9 cm³/mol. The Morgan fingerprint density at radius 2 is 1.95 bits per heavy atom. The van der Waals surface area contributed by atoms with Gasteiger partial charge in [0.2, 0.25) is 10.0 Å². The first-order valence-corrected chi connectivity index (χ1v) is 7.92. The first-order valence-electron chi connectivity index (χ1n) is 6.06. The summed E-state index contributed by atoms with van der Waals surface area (Å²) in [6, 6.07) is 1.22. The molecule has 0 aliphatic heterocycles. The van der Waals surface area contributed by atoms with E-state index in [0.29, 0.717) is 18.9 Å². The fourth-order valence-corrected chi connectivity index (χ4v) is 3.85. The molecule has 0 bridgehead atoms. The summed E-state index contributed by atoms with van der Waals surface area (Å²) >= 11 is 5.58. The van der Waals surface area contributed by atoms with Crippen molar-refractivity contribution in [3.8, 4) is 0 Å². The molecule has 0 spiro atoms. The van der Waals surface area contributed by atoms with Crippen LogP contribution >= 0.6 is 11.6 Å². The molecule has 1 aliphatic carbocycles. The summed E-state index contributed by atoms with van der Waals surface area (Å²) in [6.45, 7) is 0. The number of carboxylic acids is 1. The molecule has 8 heteroatoms. The van der Waals surface area contributed by atoms with Crippen LogP contribution in [-0.4, -0.2) is 25.5 Å². The van der Waals surface area contributed by atoms with Crippen LogP contribution in [0.25, 0.3) is 0 Å². The Hall–Kier alpha value is -1.18. The van der Waals surface area contributed by atoms with Crippen molar-refractivity contribution in [1.29, 1.82) is 0 Å². The Kier molecular flexibility index (Phi) is 4.31. The number of nitrogens with one attached hydrogen (secondary N) is 1. The molecule has 0 saturated heterocycles. The number of hydrogen-bond acceptors (Lipinski definition) is 3. The van der Waals surface area contributed by atoms with Crippen LogP contribution in [-0.2, 0) is 10.0 Å². The lowest BCUT2D eigenvalue weighted by molar-refractivity contribution is 0.0696. The summed E-state index contributed by atoms with van der Waals surface area (Å²) in [5, 5.41) is 8.57. The van der Waals surface area contributed by atoms with Gasteiger partial charge in [0.05, 0.1) is 10.6 Å². The van der Waals surface area contributed by atoms with Crippen LogP contribution in [0, 0.1) is 5.82 Å². The van der Waals surface area contributed by atoms with Crippen LogP contribution in [0.4, 0.5) is 4.39 Å². The smallest absolute Gasteiger partial charge is 0.337 e. The van der Waals surface area contributed by atoms with Gasteiger partial charge in [-0.3, -0.25) is 0 Å². The van der Waals surface area contributed by atoms with Gasteiger partial charge in [0.1, 0.15) is 10.7 Å². The van der Waals surface area contributed by atoms with Crippen molar-refractivity contribution < 1.29 is 22.7 Å². The second-order valence-electron chi connectivity index (χ2n) is 4.67. The van der Waals surface area contributed by atoms with Crippen LogP contribution in [0.1, 0.15) is 36.0 Å². The van der Waals surface area contributed by atoms with Gasteiger partial charge in [-0.2, -0.15) is 0 Å². The standard InChI is InChI=1S/C12H13ClFNO4S/c13-9-6-10(14)11(5-8(9)12(16)17)20(18,19)15-7-3-1-2-4-7/h5-7,15H,1-4H2,(H,16,17). The summed E-state index contributed by atoms with van der Waals surface area (Å²) < 4.78 is 40.4. The summed E-state index contributed by atoms with van der Waals surface area (Å²) in [7, 11) is -4.09. The molecule has 0 unspecified atom stereocenters. The maximum atomic E-state index is 13.8. The molecule has 0 heterocycles. The lowest BCUT2D eigenvalue weighted by Crippen LogP contribution is -2.33. The van der Waals surface area contributed by atoms with Crippen LogP contribution in [0.2, 0.25) is 5.02 Å². The van der Waals surface area contributed by atoms with E-state index in [4.69, 9.17) is 16.7 Å². The second-order valence-corrected chi connectivity index (χ2v) is 6.76. The number of sulfonamides is 1. The van der Waals surface area contributed by atoms with Gasteiger partial charge in [0.15, 0.2) is 0 Å². The first-order chi connectivity index (χ1) is 9.31. The third-order valence-corrected chi connectivity index (χ3v) is 5.07. The van der Waals surface area contributed by atoms with Crippen LogP contribution in [0.3, 0.4) is 0 Å². The van der Waals surface area contributed by atoms with Gasteiger partial charge in [-0.15, -0.1) is 0 Å². The van der Waals surface area contributed by atoms with Crippen molar-refractivity contribution in [2.45, 2.75) is 36.6 Å². The van der Waals surface area contributed by atoms with Gasteiger partial charge in [0, 0.05) is 6.04 Å². The predicted octanol–water partition coefficient (Wildman–Crippen LogP) is 2.40. The minimum absolute atomic E-state index is 0.233. The number of aromatic carboxylic acids is 1. The van der Waals surface area contributed by atoms with Crippen molar-refractivity contribution in [2.24, 2.45) is 0 Å². The number of carboxylic acid groups (broad SMARTS) is 1. The third kappa shape index (κ3) is 3.11. The molecule has 2 N–H and O–H groups in total. The number of hydrogen-bond donors (Lipinski definition) is 2. The summed E-state index contributed by atoms with van der Waals surface area (Å²) in [6.07, 6.45) is 3.22. The highest BCUT2D eigenvalue weighted by Gasteiger charge is 2.27. The van der Waals surface area contributed by atoms with Crippen LogP contribution < -0.4 is 4.72 Å². The van der Waals surface area contributed by atoms with Gasteiger partial charge in [0.25, 0.3) is 0 Å². The lowest BCUT2D eigenvalue weighted by atomic mass is 10.2. The van der Waals surface area contributed by atoms with Crippen molar-refractivity contribution in [3.63, 3.8) is 0 Å². The fraction of sp³-hybridized carbons (Fsp3) is 0.417. The zero-order valence-corrected chi connectivity index (χ0v) is 12.0. The second kappa shape index (κ2) is 5.67. The van der Waals surface area contributed by atoms with Gasteiger partial charge < -0.3 is 5.11 Å². The van der Waals surface area contributed by atoms with E-state index in [1.807, 2.05) is 0 Å². The number of halogens is 2. The molecule has 1 saturated carbocycles. The molecule has 110 valence electrons. The molecular formula is C12H13ClFNO4S. The Bertz CT molecular complexity index is 641. The topological polar surface area (TPSA) is 83.5 Å². The quantitative estimate of drug-likeness (QED) is 0.892. The molecule has 0 aromatic heterocycles. The normalized spacial score (nSPS) is 16.5. The minimum atomic E-state index is -4.09. The van der Waals surface area contributed by atoms with Crippen molar-refractivity contribution >= 4 is 27.6 Å². The maximum absolute atomic E-state index is 13.8. The lowest BCUT2D eigenvalue weighted by Gasteiger charge is -2.13. The molecule has 5 nitrogen and oxygen atoms in total. The highest BCUT2D eigenvalue weighted by atomic mass is 35.5. The summed E-state index contributed by atoms with van der Waals surface area (Å²) in [5.74, 6) is -2.47. The number of rotatable bonds is 4. The van der Waals surface area contributed by atoms with E-state index in [9.17, 15) is 17.6 Å². The Morgan fingerprint density at radius 3 is 2.50 bits per heavy atom. The third-order valence-electron chi connectivity index (χ3n) is 3.22. The SMILES string of the molecule is O=C(O)c1cc(S(=O)(=O)NC2CCCC2)c(F)cc1Cl. The van der Waals surface area contributed by atoms with E-state index < -0.39 is 32.3 Å². The van der Waals surface area contributed by atoms with Crippen molar-refractivity contribution in [1.82, 2.24) is 4.72 Å². The first kappa shape index (κ1) is 15.2. The Labute approximate surface area is 120 Å². The van der Waals surface area contributed by atoms with E-state index in [0.717, 1.165) is 18.9 Å². The average molecular weight is 322 g/mol. The van der Waals surface area contributed by atoms with Crippen LogP contribution in [0.15, 0.2) is 17.0 Å². The minimum Gasteiger partial charge on any atom is -0.478 e. The van der Waals surface area contributed by atoms with E-state index in [-0.39, 0.29) is 11.1 Å². The average Bonchev–Trinajstić information content (AvgIpc) is 2.79. The van der Waals surface area contributed by atoms with E-state index in [1.165, 1.54) is 0 Å². The molecule has 1 aromatic rings. The molecule has 1 aromatic carbocycles. The fourth-order valence-electron chi connectivity index (χ4n) is 2.23. The van der Waals surface area contributed by atoms with Gasteiger partial charge in [-0.05, 0) is 25.0 Å². The molecule has 1 fully saturated rings. The monoisotopic (exact) mass is 321 g/mol. The molecule has 0 radical (unpaired) electrons. The maximum Gasteiger partial charge on any atom is 0.337 e. The zero-order chi connectivity index (χ0) is 14.9. The van der Waals surface area contributed by atoms with Gasteiger partial charge in [-0.1, -0.05) is 24.4 Å². The Morgan fingerprint density at radius 1 is 1.35 bits per heavy atom. The molecule has 0 amide bonds. The Balaban J connectivity index is 2.40. The number of benzene rings is 1. The molecular weight excluding hydrogens is 309 g/mol. The van der Waals surface area contributed by atoms with Crippen molar-refractivity contribution in [2.75, 3.05) is 0 Å². The van der Waals surface area contributed by atoms with E-state index in [1.54, 1.807) is 0 Å². The highest BCUT2D eigenvalue weighted by molar-refractivity contribution is 7.89.